The summed E-state index contributed by atoms with van der Waals surface area (Å²) in [7, 11) is 0. The van der Waals surface area contributed by atoms with Crippen molar-refractivity contribution >= 4 is 11.3 Å². The van der Waals surface area contributed by atoms with Crippen LogP contribution in [0.3, 0.4) is 0 Å². The molecule has 2 N–H and O–H groups in total. The molecule has 118 valence electrons. The first-order valence-corrected chi connectivity index (χ1v) is 8.26. The van der Waals surface area contributed by atoms with Gasteiger partial charge in [-0.2, -0.15) is 0 Å². The molecule has 0 saturated carbocycles. The summed E-state index contributed by atoms with van der Waals surface area (Å²) in [4.78, 5) is 7.40. The number of hydrogen-bond acceptors (Lipinski definition) is 3. The number of hydrogen-bond donors (Lipinski definition) is 1. The zero-order chi connectivity index (χ0) is 15.8. The molecule has 1 fully saturated rings. The predicted octanol–water partition coefficient (Wildman–Crippen LogP) is 3.49. The van der Waals surface area contributed by atoms with Gasteiger partial charge in [0.2, 0.25) is 0 Å². The number of nitrogens with two attached hydrogens (primary N) is 1. The molecule has 0 atom stereocenters. The Labute approximate surface area is 136 Å². The highest BCUT2D eigenvalue weighted by molar-refractivity contribution is 5.69. The molecule has 0 radical (unpaired) electrons. The van der Waals surface area contributed by atoms with Gasteiger partial charge in [-0.25, -0.2) is 4.98 Å². The third-order valence-electron chi connectivity index (χ3n) is 4.60. The molecule has 23 heavy (non-hydrogen) atoms. The summed E-state index contributed by atoms with van der Waals surface area (Å²) in [6, 6.07) is 12.2. The highest BCUT2D eigenvalue weighted by Gasteiger charge is 2.19. The zero-order valence-corrected chi connectivity index (χ0v) is 13.5. The average molecular weight is 306 g/mol. The van der Waals surface area contributed by atoms with Crippen molar-refractivity contribution in [2.45, 2.75) is 26.3 Å². The molecule has 1 aromatic carbocycles. The molecule has 0 aliphatic carbocycles. The summed E-state index contributed by atoms with van der Waals surface area (Å²) in [6.07, 6.45) is 4.77. The highest BCUT2D eigenvalue weighted by atomic mass is 15.2. The minimum Gasteiger partial charge on any atom is -0.399 e. The molecular formula is C19H22N4. The first-order chi connectivity index (χ1) is 11.2. The van der Waals surface area contributed by atoms with E-state index < -0.39 is 0 Å². The van der Waals surface area contributed by atoms with Crippen LogP contribution in [0, 0.1) is 6.92 Å². The van der Waals surface area contributed by atoms with Crippen molar-refractivity contribution in [2.24, 2.45) is 0 Å². The summed E-state index contributed by atoms with van der Waals surface area (Å²) in [5, 5.41) is 0. The van der Waals surface area contributed by atoms with Crippen LogP contribution in [-0.2, 0) is 6.54 Å². The van der Waals surface area contributed by atoms with Crippen LogP contribution in [0.4, 0.5) is 5.69 Å². The summed E-state index contributed by atoms with van der Waals surface area (Å²) >= 11 is 0. The summed E-state index contributed by atoms with van der Waals surface area (Å²) < 4.78 is 2.24. The van der Waals surface area contributed by atoms with Gasteiger partial charge in [-0.1, -0.05) is 18.2 Å². The van der Waals surface area contributed by atoms with E-state index in [4.69, 9.17) is 10.7 Å². The number of rotatable bonds is 3. The number of likely N-dealkylation sites (tertiary alicyclic amines) is 1. The van der Waals surface area contributed by atoms with Crippen LogP contribution in [0.25, 0.3) is 16.9 Å². The fourth-order valence-corrected chi connectivity index (χ4v) is 3.42. The number of pyridine rings is 1. The Bertz CT molecular complexity index is 844. The van der Waals surface area contributed by atoms with Gasteiger partial charge < -0.3 is 10.1 Å². The first-order valence-electron chi connectivity index (χ1n) is 8.26. The van der Waals surface area contributed by atoms with Crippen LogP contribution >= 0.6 is 0 Å². The molecule has 0 bridgehead atoms. The molecule has 0 amide bonds. The Balaban J connectivity index is 1.87. The maximum Gasteiger partial charge on any atom is 0.137 e. The van der Waals surface area contributed by atoms with Crippen LogP contribution in [0.2, 0.25) is 0 Å². The van der Waals surface area contributed by atoms with Gasteiger partial charge in [-0.05, 0) is 56.6 Å². The number of aryl methyl sites for hydroxylation is 1. The molecule has 1 aliphatic heterocycles. The van der Waals surface area contributed by atoms with Crippen molar-refractivity contribution in [1.82, 2.24) is 14.3 Å². The van der Waals surface area contributed by atoms with E-state index in [1.807, 2.05) is 18.2 Å². The number of imidazole rings is 1. The Morgan fingerprint density at radius 2 is 1.96 bits per heavy atom. The largest absolute Gasteiger partial charge is 0.399 e. The SMILES string of the molecule is Cc1ccc2nc(-c3cccc(N)c3)c(CN3CCCC3)n2c1. The van der Waals surface area contributed by atoms with Gasteiger partial charge in [0.25, 0.3) is 0 Å². The van der Waals surface area contributed by atoms with E-state index in [-0.39, 0.29) is 0 Å². The van der Waals surface area contributed by atoms with Gasteiger partial charge in [0.1, 0.15) is 5.65 Å². The molecule has 1 saturated heterocycles. The predicted molar refractivity (Wildman–Crippen MR) is 94.3 cm³/mol. The normalized spacial score (nSPS) is 15.5. The van der Waals surface area contributed by atoms with Crippen LogP contribution in [0.15, 0.2) is 42.6 Å². The van der Waals surface area contributed by atoms with E-state index in [2.05, 4.69) is 40.6 Å². The van der Waals surface area contributed by atoms with Crippen LogP contribution in [0.5, 0.6) is 0 Å². The van der Waals surface area contributed by atoms with Gasteiger partial charge in [-0.3, -0.25) is 4.90 Å². The summed E-state index contributed by atoms with van der Waals surface area (Å²) in [5.74, 6) is 0. The molecule has 4 nitrogen and oxygen atoms in total. The lowest BCUT2D eigenvalue weighted by atomic mass is 10.1. The van der Waals surface area contributed by atoms with Crippen molar-refractivity contribution in [3.05, 3.63) is 53.9 Å². The van der Waals surface area contributed by atoms with Crippen LogP contribution < -0.4 is 5.73 Å². The maximum absolute atomic E-state index is 5.98. The molecule has 3 heterocycles. The monoisotopic (exact) mass is 306 g/mol. The van der Waals surface area contributed by atoms with Crippen LogP contribution in [-0.4, -0.2) is 27.4 Å². The van der Waals surface area contributed by atoms with Gasteiger partial charge in [0, 0.05) is 24.0 Å². The van der Waals surface area contributed by atoms with Crippen molar-refractivity contribution < 1.29 is 0 Å². The molecular weight excluding hydrogens is 284 g/mol. The summed E-state index contributed by atoms with van der Waals surface area (Å²) in [5.41, 5.74) is 12.4. The molecule has 2 aromatic heterocycles. The third kappa shape index (κ3) is 2.70. The molecule has 3 aromatic rings. The quantitative estimate of drug-likeness (QED) is 0.754. The number of nitrogens with zero attached hydrogens (tertiary/aromatic N) is 3. The lowest BCUT2D eigenvalue weighted by Crippen LogP contribution is -2.20. The lowest BCUT2D eigenvalue weighted by Gasteiger charge is -2.16. The summed E-state index contributed by atoms with van der Waals surface area (Å²) in [6.45, 7) is 5.42. The number of anilines is 1. The molecule has 0 unspecified atom stereocenters. The van der Waals surface area contributed by atoms with Gasteiger partial charge in [-0.15, -0.1) is 0 Å². The number of aromatic nitrogens is 2. The minimum absolute atomic E-state index is 0.780. The van der Waals surface area contributed by atoms with Gasteiger partial charge in [0.05, 0.1) is 11.4 Å². The zero-order valence-electron chi connectivity index (χ0n) is 13.5. The molecule has 4 heteroatoms. The van der Waals surface area contributed by atoms with Crippen LogP contribution in [0.1, 0.15) is 24.1 Å². The van der Waals surface area contributed by atoms with E-state index >= 15 is 0 Å². The Morgan fingerprint density at radius 3 is 2.74 bits per heavy atom. The first kappa shape index (κ1) is 14.3. The molecule has 4 rings (SSSR count). The second-order valence-corrected chi connectivity index (χ2v) is 6.45. The van der Waals surface area contributed by atoms with Gasteiger partial charge in [0.15, 0.2) is 0 Å². The molecule has 1 aliphatic rings. The highest BCUT2D eigenvalue weighted by Crippen LogP contribution is 2.28. The van der Waals surface area contributed by atoms with E-state index in [9.17, 15) is 0 Å². The second kappa shape index (κ2) is 5.70. The number of fused-ring (bicyclic) bond motifs is 1. The number of nitrogen functional groups attached to an aromatic ring is 1. The molecule has 0 spiro atoms. The standard InChI is InChI=1S/C19H22N4/c1-14-7-8-18-21-19(15-5-4-6-16(20)11-15)17(23(18)12-14)13-22-9-2-3-10-22/h4-8,11-12H,2-3,9-10,13,20H2,1H3. The maximum atomic E-state index is 5.98. The van der Waals surface area contributed by atoms with E-state index in [0.717, 1.165) is 29.1 Å². The third-order valence-corrected chi connectivity index (χ3v) is 4.60. The topological polar surface area (TPSA) is 46.6 Å². The average Bonchev–Trinajstić information content (AvgIpc) is 3.16. The Morgan fingerprint density at radius 1 is 1.13 bits per heavy atom. The Hall–Kier alpha value is -2.33. The van der Waals surface area contributed by atoms with E-state index in [1.165, 1.54) is 37.2 Å². The van der Waals surface area contributed by atoms with Crippen molar-refractivity contribution in [3.8, 4) is 11.3 Å². The van der Waals surface area contributed by atoms with E-state index in [1.54, 1.807) is 0 Å². The number of benzene rings is 1. The van der Waals surface area contributed by atoms with Crippen molar-refractivity contribution in [1.29, 1.82) is 0 Å². The smallest absolute Gasteiger partial charge is 0.137 e. The van der Waals surface area contributed by atoms with E-state index in [0.29, 0.717) is 0 Å². The van der Waals surface area contributed by atoms with Gasteiger partial charge >= 0.3 is 0 Å². The van der Waals surface area contributed by atoms with Crippen molar-refractivity contribution in [3.63, 3.8) is 0 Å². The second-order valence-electron chi connectivity index (χ2n) is 6.45. The Kier molecular flexibility index (Phi) is 3.54. The fraction of sp³-hybridized carbons (Fsp3) is 0.316. The minimum atomic E-state index is 0.780. The lowest BCUT2D eigenvalue weighted by molar-refractivity contribution is 0.327. The fourth-order valence-electron chi connectivity index (χ4n) is 3.42. The van der Waals surface area contributed by atoms with Crippen molar-refractivity contribution in [2.75, 3.05) is 18.8 Å².